The number of nitrogens with zero attached hydrogens (tertiary/aromatic N) is 4. The first kappa shape index (κ1) is 25.3. The van der Waals surface area contributed by atoms with Crippen molar-refractivity contribution in [1.82, 2.24) is 19.5 Å². The summed E-state index contributed by atoms with van der Waals surface area (Å²) in [6, 6.07) is -0.545. The lowest BCUT2D eigenvalue weighted by atomic mass is 9.93. The smallest absolute Gasteiger partial charge is 0.312 e. The number of carbonyl (C=O) groups is 1. The fraction of sp³-hybridized carbons (Fsp3) is 0.739. The van der Waals surface area contributed by atoms with Gasteiger partial charge in [-0.15, -0.1) is 0 Å². The molecule has 9 nitrogen and oxygen atoms in total. The number of fused-ring (bicyclic) bond motifs is 1. The van der Waals surface area contributed by atoms with Gasteiger partial charge < -0.3 is 24.9 Å². The minimum Gasteiger partial charge on any atom is -0.457 e. The van der Waals surface area contributed by atoms with Crippen molar-refractivity contribution in [2.75, 3.05) is 18.9 Å². The Morgan fingerprint density at radius 1 is 1.30 bits per heavy atom. The zero-order chi connectivity index (χ0) is 24.0. The molecule has 3 rings (SSSR count). The molecule has 1 aliphatic heterocycles. The average Bonchev–Trinajstić information content (AvgIpc) is 3.35. The zero-order valence-corrected chi connectivity index (χ0v) is 19.8. The van der Waals surface area contributed by atoms with E-state index in [9.17, 15) is 14.3 Å². The highest BCUT2D eigenvalue weighted by atomic mass is 19.1. The van der Waals surface area contributed by atoms with Gasteiger partial charge in [-0.25, -0.2) is 4.98 Å². The summed E-state index contributed by atoms with van der Waals surface area (Å²) < 4.78 is 27.4. The van der Waals surface area contributed by atoms with Crippen molar-refractivity contribution in [3.63, 3.8) is 0 Å². The second-order valence-electron chi connectivity index (χ2n) is 9.10. The Kier molecular flexibility index (Phi) is 8.58. The number of aliphatic hydroxyl groups is 1. The standard InChI is InChI=1S/C23H36FN5O4/c1-4-6-8-9-11-15(10-7-5-2)21(31)33-18-16(12-32-23(18,3)13-30)29-14-26-17-19(25)27-22(24)28-20(17)29/h14-16,18,30H,4-13H2,1-3H3,(H2,25,27,28)/t15?,16-,18+,23-/m1/s1. The highest BCUT2D eigenvalue weighted by Crippen LogP contribution is 2.38. The van der Waals surface area contributed by atoms with Crippen LogP contribution in [0.4, 0.5) is 10.2 Å². The van der Waals surface area contributed by atoms with Crippen molar-refractivity contribution < 1.29 is 23.8 Å². The highest BCUT2D eigenvalue weighted by Gasteiger charge is 2.51. The molecule has 10 heteroatoms. The Morgan fingerprint density at radius 2 is 2.03 bits per heavy atom. The second-order valence-corrected chi connectivity index (χ2v) is 9.10. The summed E-state index contributed by atoms with van der Waals surface area (Å²) in [5, 5.41) is 10.1. The molecule has 33 heavy (non-hydrogen) atoms. The molecule has 0 bridgehead atoms. The van der Waals surface area contributed by atoms with Crippen LogP contribution < -0.4 is 5.73 Å². The van der Waals surface area contributed by atoms with Crippen LogP contribution in [0, 0.1) is 12.0 Å². The van der Waals surface area contributed by atoms with Crippen LogP contribution in [-0.4, -0.2) is 55.5 Å². The van der Waals surface area contributed by atoms with Crippen LogP contribution in [0.1, 0.15) is 78.2 Å². The summed E-state index contributed by atoms with van der Waals surface area (Å²) in [5.74, 6) is -0.564. The lowest BCUT2D eigenvalue weighted by Gasteiger charge is -2.31. The number of carbonyl (C=O) groups excluding carboxylic acids is 1. The van der Waals surface area contributed by atoms with Crippen molar-refractivity contribution in [2.24, 2.45) is 5.92 Å². The van der Waals surface area contributed by atoms with Crippen LogP contribution >= 0.6 is 0 Å². The molecule has 0 amide bonds. The number of imidazole rings is 1. The number of aliphatic hydroxyl groups excluding tert-OH is 1. The average molecular weight is 466 g/mol. The van der Waals surface area contributed by atoms with Gasteiger partial charge in [-0.05, 0) is 19.8 Å². The molecule has 2 aromatic rings. The minimum absolute atomic E-state index is 0.0691. The highest BCUT2D eigenvalue weighted by molar-refractivity contribution is 5.81. The number of rotatable bonds is 12. The van der Waals surface area contributed by atoms with E-state index in [0.717, 1.165) is 51.4 Å². The van der Waals surface area contributed by atoms with Gasteiger partial charge in [-0.3, -0.25) is 4.79 Å². The van der Waals surface area contributed by atoms with Crippen LogP contribution in [0.15, 0.2) is 6.33 Å². The molecule has 3 heterocycles. The zero-order valence-electron chi connectivity index (χ0n) is 19.8. The van der Waals surface area contributed by atoms with E-state index in [-0.39, 0.29) is 42.1 Å². The normalized spacial score (nSPS) is 23.8. The molecule has 1 aliphatic rings. The molecule has 1 unspecified atom stereocenters. The molecule has 1 saturated heterocycles. The van der Waals surface area contributed by atoms with E-state index < -0.39 is 23.8 Å². The molecule has 3 N–H and O–H groups in total. The second kappa shape index (κ2) is 11.2. The Hall–Kier alpha value is -2.33. The van der Waals surface area contributed by atoms with Gasteiger partial charge >= 0.3 is 12.0 Å². The van der Waals surface area contributed by atoms with E-state index >= 15 is 0 Å². The number of aromatic nitrogens is 4. The molecule has 0 saturated carbocycles. The van der Waals surface area contributed by atoms with E-state index in [4.69, 9.17) is 15.2 Å². The SMILES string of the molecule is CCCCCCC(CCCC)C(=O)O[C@H]1[C@H](n2cnc3c(N)nc(F)nc32)CO[C@]1(C)CO. The van der Waals surface area contributed by atoms with Crippen LogP contribution in [-0.2, 0) is 14.3 Å². The molecule has 2 aromatic heterocycles. The molecule has 4 atom stereocenters. The molecule has 184 valence electrons. The third kappa shape index (κ3) is 5.60. The third-order valence-electron chi connectivity index (χ3n) is 6.52. The van der Waals surface area contributed by atoms with Gasteiger partial charge in [0.15, 0.2) is 17.6 Å². The van der Waals surface area contributed by atoms with Crippen LogP contribution in [0.5, 0.6) is 0 Å². The summed E-state index contributed by atoms with van der Waals surface area (Å²) in [4.78, 5) is 24.8. The third-order valence-corrected chi connectivity index (χ3v) is 6.52. The number of ether oxygens (including phenoxy) is 2. The van der Waals surface area contributed by atoms with Gasteiger partial charge in [-0.1, -0.05) is 52.4 Å². The van der Waals surface area contributed by atoms with E-state index in [1.807, 2.05) is 0 Å². The lowest BCUT2D eigenvalue weighted by molar-refractivity contribution is -0.167. The topological polar surface area (TPSA) is 125 Å². The van der Waals surface area contributed by atoms with Gasteiger partial charge in [0, 0.05) is 0 Å². The first-order valence-electron chi connectivity index (χ1n) is 12.0. The monoisotopic (exact) mass is 465 g/mol. The molecule has 0 radical (unpaired) electrons. The molecular formula is C23H36FN5O4. The summed E-state index contributed by atoms with van der Waals surface area (Å²) in [6.07, 6.45) is 7.51. The van der Waals surface area contributed by atoms with Crippen LogP contribution in [0.25, 0.3) is 11.2 Å². The maximum atomic E-state index is 13.9. The summed E-state index contributed by atoms with van der Waals surface area (Å²) in [6.45, 7) is 5.76. The van der Waals surface area contributed by atoms with E-state index in [1.54, 1.807) is 11.5 Å². The largest absolute Gasteiger partial charge is 0.457 e. The maximum absolute atomic E-state index is 13.9. The molecule has 0 aliphatic carbocycles. The number of hydrogen-bond acceptors (Lipinski definition) is 8. The van der Waals surface area contributed by atoms with Crippen molar-refractivity contribution in [3.05, 3.63) is 12.4 Å². The number of halogens is 1. The Balaban J connectivity index is 1.85. The van der Waals surface area contributed by atoms with Crippen molar-refractivity contribution >= 4 is 23.0 Å². The number of nitrogens with two attached hydrogens (primary N) is 1. The number of anilines is 1. The lowest BCUT2D eigenvalue weighted by Crippen LogP contribution is -2.46. The Morgan fingerprint density at radius 3 is 2.73 bits per heavy atom. The maximum Gasteiger partial charge on any atom is 0.312 e. The number of unbranched alkanes of at least 4 members (excludes halogenated alkanes) is 4. The van der Waals surface area contributed by atoms with Gasteiger partial charge in [-0.2, -0.15) is 14.4 Å². The summed E-state index contributed by atoms with van der Waals surface area (Å²) in [7, 11) is 0. The number of hydrogen-bond donors (Lipinski definition) is 2. The Bertz CT molecular complexity index is 939. The van der Waals surface area contributed by atoms with Crippen molar-refractivity contribution in [1.29, 1.82) is 0 Å². The van der Waals surface area contributed by atoms with Crippen molar-refractivity contribution in [2.45, 2.75) is 89.9 Å². The van der Waals surface area contributed by atoms with E-state index in [0.29, 0.717) is 0 Å². The van der Waals surface area contributed by atoms with Gasteiger partial charge in [0.25, 0.3) is 0 Å². The fourth-order valence-electron chi connectivity index (χ4n) is 4.44. The first-order valence-corrected chi connectivity index (χ1v) is 12.0. The number of esters is 1. The van der Waals surface area contributed by atoms with Gasteiger partial charge in [0.2, 0.25) is 0 Å². The predicted molar refractivity (Wildman–Crippen MR) is 122 cm³/mol. The molecule has 0 aromatic carbocycles. The Labute approximate surface area is 193 Å². The van der Waals surface area contributed by atoms with Crippen molar-refractivity contribution in [3.8, 4) is 0 Å². The minimum atomic E-state index is -1.11. The molecular weight excluding hydrogens is 429 g/mol. The summed E-state index contributed by atoms with van der Waals surface area (Å²) >= 11 is 0. The summed E-state index contributed by atoms with van der Waals surface area (Å²) in [5.41, 5.74) is 5.14. The van der Waals surface area contributed by atoms with Gasteiger partial charge in [0.05, 0.1) is 31.5 Å². The van der Waals surface area contributed by atoms with Crippen LogP contribution in [0.2, 0.25) is 0 Å². The fourth-order valence-corrected chi connectivity index (χ4v) is 4.44. The van der Waals surface area contributed by atoms with Crippen LogP contribution in [0.3, 0.4) is 0 Å². The predicted octanol–water partition coefficient (Wildman–Crippen LogP) is 3.56. The van der Waals surface area contributed by atoms with E-state index in [2.05, 4.69) is 28.8 Å². The molecule has 0 spiro atoms. The first-order chi connectivity index (χ1) is 15.8. The molecule has 1 fully saturated rings. The van der Waals surface area contributed by atoms with E-state index in [1.165, 1.54) is 6.33 Å². The van der Waals surface area contributed by atoms with Gasteiger partial charge in [0.1, 0.15) is 11.1 Å². The number of nitrogen functional groups attached to an aromatic ring is 1. The quantitative estimate of drug-likeness (QED) is 0.277.